The van der Waals surface area contributed by atoms with Crippen LogP contribution in [0, 0.1) is 0 Å². The third kappa shape index (κ3) is 13.2. The van der Waals surface area contributed by atoms with Crippen LogP contribution in [-0.4, -0.2) is 41.1 Å². The Balaban J connectivity index is 3.12. The molecule has 7 heteroatoms. The van der Waals surface area contributed by atoms with Gasteiger partial charge in [-0.25, -0.2) is 4.79 Å². The fourth-order valence-electron chi connectivity index (χ4n) is 1.02. The van der Waals surface area contributed by atoms with Crippen LogP contribution in [-0.2, 0) is 14.3 Å². The van der Waals surface area contributed by atoms with Gasteiger partial charge in [0, 0.05) is 25.3 Å². The fraction of sp³-hybridized carbons (Fsp3) is 0.727. The number of halogens is 3. The molecule has 0 aliphatic rings. The molecule has 0 aromatic carbocycles. The van der Waals surface area contributed by atoms with Crippen LogP contribution in [0.3, 0.4) is 0 Å². The van der Waals surface area contributed by atoms with Crippen LogP contribution in [0.15, 0.2) is 12.7 Å². The molecule has 2 radical (unpaired) electrons. The molecule has 0 saturated carbocycles. The molecule has 0 rings (SSSR count). The quantitative estimate of drug-likeness (QED) is 0.267. The van der Waals surface area contributed by atoms with Crippen molar-refractivity contribution in [2.45, 2.75) is 31.5 Å². The van der Waals surface area contributed by atoms with Crippen molar-refractivity contribution in [2.24, 2.45) is 0 Å². The van der Waals surface area contributed by atoms with Gasteiger partial charge < -0.3 is 9.47 Å². The van der Waals surface area contributed by atoms with Crippen molar-refractivity contribution < 1.29 is 27.4 Å². The summed E-state index contributed by atoms with van der Waals surface area (Å²) in [5.41, 5.74) is 0. The van der Waals surface area contributed by atoms with Gasteiger partial charge >= 0.3 is 12.1 Å². The van der Waals surface area contributed by atoms with Gasteiger partial charge in [-0.3, -0.25) is 0 Å². The van der Waals surface area contributed by atoms with E-state index in [9.17, 15) is 18.0 Å². The lowest BCUT2D eigenvalue weighted by Crippen LogP contribution is -2.11. The molecule has 0 aliphatic heterocycles. The molecular formula is C11H17F3O3Si. The Morgan fingerprint density at radius 3 is 2.61 bits per heavy atom. The third-order valence-electron chi connectivity index (χ3n) is 1.86. The van der Waals surface area contributed by atoms with Crippen molar-refractivity contribution in [1.82, 2.24) is 0 Å². The molecule has 0 saturated heterocycles. The second kappa shape index (κ2) is 10.1. The van der Waals surface area contributed by atoms with Crippen molar-refractivity contribution in [2.75, 3.05) is 19.4 Å². The van der Waals surface area contributed by atoms with E-state index in [-0.39, 0.29) is 13.0 Å². The van der Waals surface area contributed by atoms with Crippen LogP contribution in [0.5, 0.6) is 0 Å². The average molecular weight is 282 g/mol. The van der Waals surface area contributed by atoms with E-state index >= 15 is 0 Å². The molecule has 0 aliphatic carbocycles. The molecule has 0 amide bonds. The number of hydrogen-bond acceptors (Lipinski definition) is 3. The van der Waals surface area contributed by atoms with Gasteiger partial charge in [0.1, 0.15) is 0 Å². The summed E-state index contributed by atoms with van der Waals surface area (Å²) in [6.45, 7) is 3.74. The molecule has 0 heterocycles. The maximum Gasteiger partial charge on any atom is 0.389 e. The lowest BCUT2D eigenvalue weighted by molar-refractivity contribution is -0.138. The van der Waals surface area contributed by atoms with Gasteiger partial charge in [0.2, 0.25) is 0 Å². The maximum atomic E-state index is 11.8. The largest absolute Gasteiger partial charge is 0.463 e. The molecule has 18 heavy (non-hydrogen) atoms. The van der Waals surface area contributed by atoms with Gasteiger partial charge in [-0.15, -0.1) is 0 Å². The summed E-state index contributed by atoms with van der Waals surface area (Å²) in [5, 5.41) is 0. The van der Waals surface area contributed by atoms with Gasteiger partial charge in [-0.05, 0) is 12.8 Å². The first-order valence-electron chi connectivity index (χ1n) is 5.60. The van der Waals surface area contributed by atoms with Crippen molar-refractivity contribution in [3.63, 3.8) is 0 Å². The van der Waals surface area contributed by atoms with Gasteiger partial charge in [-0.1, -0.05) is 12.6 Å². The molecule has 0 aromatic rings. The summed E-state index contributed by atoms with van der Waals surface area (Å²) >= 11 is 0. The standard InChI is InChI=1S/C11H17F3O3Si/c1-2-10(15)17-7-4-8-18-9-16-6-3-5-11(12,13)14/h2H,1,3-9H2. The zero-order chi connectivity index (χ0) is 13.9. The minimum atomic E-state index is -4.10. The summed E-state index contributed by atoms with van der Waals surface area (Å²) in [7, 11) is 0.514. The Bertz CT molecular complexity index is 244. The predicted molar refractivity (Wildman–Crippen MR) is 62.4 cm³/mol. The van der Waals surface area contributed by atoms with E-state index in [2.05, 4.69) is 6.58 Å². The van der Waals surface area contributed by atoms with E-state index in [4.69, 9.17) is 9.47 Å². The predicted octanol–water partition coefficient (Wildman–Crippen LogP) is 2.54. The Labute approximate surface area is 107 Å². The van der Waals surface area contributed by atoms with E-state index in [0.717, 1.165) is 18.5 Å². The van der Waals surface area contributed by atoms with E-state index in [1.54, 1.807) is 0 Å². The molecule has 104 valence electrons. The minimum Gasteiger partial charge on any atom is -0.463 e. The minimum absolute atomic E-state index is 0.00489. The molecule has 0 spiro atoms. The third-order valence-corrected chi connectivity index (χ3v) is 2.98. The van der Waals surface area contributed by atoms with Gasteiger partial charge in [-0.2, -0.15) is 13.2 Å². The number of esters is 1. The van der Waals surface area contributed by atoms with E-state index in [1.807, 2.05) is 0 Å². The zero-order valence-corrected chi connectivity index (χ0v) is 11.1. The fourth-order valence-corrected chi connectivity index (χ4v) is 1.85. The molecule has 0 aromatic heterocycles. The lowest BCUT2D eigenvalue weighted by atomic mass is 10.3. The Morgan fingerprint density at radius 1 is 1.28 bits per heavy atom. The van der Waals surface area contributed by atoms with Crippen LogP contribution >= 0.6 is 0 Å². The summed E-state index contributed by atoms with van der Waals surface area (Å²) in [6, 6.07) is 0.837. The normalized spacial score (nSPS) is 11.3. The van der Waals surface area contributed by atoms with Gasteiger partial charge in [0.25, 0.3) is 0 Å². The van der Waals surface area contributed by atoms with E-state index in [0.29, 0.717) is 22.4 Å². The second-order valence-corrected chi connectivity index (χ2v) is 4.79. The van der Waals surface area contributed by atoms with Crippen LogP contribution < -0.4 is 0 Å². The maximum absolute atomic E-state index is 11.8. The number of carbonyl (C=O) groups is 1. The van der Waals surface area contributed by atoms with Crippen LogP contribution in [0.2, 0.25) is 6.04 Å². The summed E-state index contributed by atoms with van der Waals surface area (Å²) in [6.07, 6.45) is -2.59. The molecule has 3 nitrogen and oxygen atoms in total. The van der Waals surface area contributed by atoms with Crippen LogP contribution in [0.25, 0.3) is 0 Å². The number of hydrogen-bond donors (Lipinski definition) is 0. The van der Waals surface area contributed by atoms with Crippen molar-refractivity contribution >= 4 is 15.5 Å². The second-order valence-electron chi connectivity index (χ2n) is 3.50. The van der Waals surface area contributed by atoms with Crippen molar-refractivity contribution in [3.05, 3.63) is 12.7 Å². The monoisotopic (exact) mass is 282 g/mol. The van der Waals surface area contributed by atoms with Crippen molar-refractivity contribution in [1.29, 1.82) is 0 Å². The average Bonchev–Trinajstić information content (AvgIpc) is 2.29. The molecule has 0 unspecified atom stereocenters. The van der Waals surface area contributed by atoms with E-state index in [1.165, 1.54) is 0 Å². The Hall–Kier alpha value is -0.823. The molecular weight excluding hydrogens is 265 g/mol. The number of carbonyl (C=O) groups excluding carboxylic acids is 1. The van der Waals surface area contributed by atoms with Gasteiger partial charge in [0.05, 0.1) is 16.1 Å². The first kappa shape index (κ1) is 17.2. The highest BCUT2D eigenvalue weighted by atomic mass is 28.2. The zero-order valence-electron chi connectivity index (χ0n) is 10.1. The first-order valence-corrected chi connectivity index (χ1v) is 7.01. The number of ether oxygens (including phenoxy) is 2. The lowest BCUT2D eigenvalue weighted by Gasteiger charge is -2.06. The summed E-state index contributed by atoms with van der Waals surface area (Å²) in [4.78, 5) is 10.6. The highest BCUT2D eigenvalue weighted by molar-refractivity contribution is 6.35. The highest BCUT2D eigenvalue weighted by Crippen LogP contribution is 2.20. The summed E-state index contributed by atoms with van der Waals surface area (Å²) in [5.74, 6) is -0.443. The topological polar surface area (TPSA) is 35.5 Å². The van der Waals surface area contributed by atoms with Crippen molar-refractivity contribution in [3.8, 4) is 0 Å². The SMILES string of the molecule is C=CC(=O)OCCC[Si]COCCCC(F)(F)F. The van der Waals surface area contributed by atoms with Crippen LogP contribution in [0.4, 0.5) is 13.2 Å². The molecule has 0 atom stereocenters. The highest BCUT2D eigenvalue weighted by Gasteiger charge is 2.25. The van der Waals surface area contributed by atoms with Gasteiger partial charge in [0.15, 0.2) is 0 Å². The molecule has 0 bridgehead atoms. The molecule has 0 fully saturated rings. The Kier molecular flexibility index (Phi) is 9.67. The smallest absolute Gasteiger partial charge is 0.389 e. The number of rotatable bonds is 10. The molecule has 0 N–H and O–H groups in total. The Morgan fingerprint density at radius 2 is 2.00 bits per heavy atom. The first-order chi connectivity index (χ1) is 8.45. The van der Waals surface area contributed by atoms with Crippen LogP contribution in [0.1, 0.15) is 19.3 Å². The number of alkyl halides is 3. The van der Waals surface area contributed by atoms with E-state index < -0.39 is 18.6 Å². The summed E-state index contributed by atoms with van der Waals surface area (Å²) < 4.78 is 45.1.